The lowest BCUT2D eigenvalue weighted by Crippen LogP contribution is -2.43. The van der Waals surface area contributed by atoms with Crippen LogP contribution in [0, 0.1) is 0 Å². The third-order valence-electron chi connectivity index (χ3n) is 4.42. The van der Waals surface area contributed by atoms with Gasteiger partial charge in [-0.3, -0.25) is 4.99 Å². The summed E-state index contributed by atoms with van der Waals surface area (Å²) in [4.78, 5) is 5.96. The van der Waals surface area contributed by atoms with Crippen molar-refractivity contribution < 1.29 is 5.11 Å². The van der Waals surface area contributed by atoms with Crippen LogP contribution in [0.5, 0.6) is 0 Å². The molecular weight excluding hydrogens is 465 g/mol. The molecule has 1 saturated heterocycles. The van der Waals surface area contributed by atoms with Crippen LogP contribution in [-0.2, 0) is 0 Å². The van der Waals surface area contributed by atoms with Gasteiger partial charge in [-0.1, -0.05) is 18.2 Å². The summed E-state index contributed by atoms with van der Waals surface area (Å²) in [5, 5.41) is 17.2. The molecule has 140 valence electrons. The SMILES string of the molecule is CCNC(=NCC1(O)CCSC1)NCC1(Sc2ccccc2)CC1.I. The van der Waals surface area contributed by atoms with Crippen molar-refractivity contribution in [2.45, 2.75) is 41.4 Å². The van der Waals surface area contributed by atoms with Gasteiger partial charge in [0.15, 0.2) is 5.96 Å². The number of thioether (sulfide) groups is 2. The molecule has 0 radical (unpaired) electrons. The number of benzene rings is 1. The zero-order chi connectivity index (χ0) is 16.9. The number of aliphatic hydroxyl groups is 1. The molecule has 2 fully saturated rings. The van der Waals surface area contributed by atoms with E-state index in [0.717, 1.165) is 37.0 Å². The topological polar surface area (TPSA) is 56.7 Å². The molecule has 0 spiro atoms. The second-order valence-electron chi connectivity index (χ2n) is 6.67. The highest BCUT2D eigenvalue weighted by Crippen LogP contribution is 2.51. The highest BCUT2D eigenvalue weighted by atomic mass is 127. The van der Waals surface area contributed by atoms with Gasteiger partial charge in [0, 0.05) is 28.5 Å². The van der Waals surface area contributed by atoms with Crippen molar-refractivity contribution in [3.63, 3.8) is 0 Å². The van der Waals surface area contributed by atoms with Crippen molar-refractivity contribution in [2.75, 3.05) is 31.1 Å². The van der Waals surface area contributed by atoms with E-state index in [-0.39, 0.29) is 28.7 Å². The van der Waals surface area contributed by atoms with Crippen LogP contribution in [0.3, 0.4) is 0 Å². The molecule has 1 heterocycles. The first-order valence-electron chi connectivity index (χ1n) is 8.70. The average molecular weight is 493 g/mol. The Morgan fingerprint density at radius 1 is 1.24 bits per heavy atom. The molecule has 1 atom stereocenters. The minimum Gasteiger partial charge on any atom is -0.387 e. The second kappa shape index (κ2) is 9.71. The number of aliphatic imine (C=N–C) groups is 1. The maximum atomic E-state index is 10.5. The molecule has 0 aromatic heterocycles. The lowest BCUT2D eigenvalue weighted by molar-refractivity contribution is 0.0778. The number of nitrogens with zero attached hydrogens (tertiary/aromatic N) is 1. The first-order valence-corrected chi connectivity index (χ1v) is 10.7. The summed E-state index contributed by atoms with van der Waals surface area (Å²) in [6, 6.07) is 10.6. The number of rotatable bonds is 7. The molecular formula is C18H28IN3OS2. The van der Waals surface area contributed by atoms with Gasteiger partial charge >= 0.3 is 0 Å². The van der Waals surface area contributed by atoms with Crippen LogP contribution in [0.15, 0.2) is 40.2 Å². The van der Waals surface area contributed by atoms with Gasteiger partial charge in [0.1, 0.15) is 0 Å². The highest BCUT2D eigenvalue weighted by Gasteiger charge is 2.43. The highest BCUT2D eigenvalue weighted by molar-refractivity contribution is 14.0. The van der Waals surface area contributed by atoms with Crippen molar-refractivity contribution in [1.82, 2.24) is 10.6 Å². The normalized spacial score (nSPS) is 24.5. The van der Waals surface area contributed by atoms with Crippen LogP contribution in [0.25, 0.3) is 0 Å². The van der Waals surface area contributed by atoms with Crippen LogP contribution < -0.4 is 10.6 Å². The Kier molecular flexibility index (Phi) is 8.23. The van der Waals surface area contributed by atoms with Gasteiger partial charge in [0.05, 0.1) is 12.1 Å². The molecule has 1 aromatic carbocycles. The van der Waals surface area contributed by atoms with Gasteiger partial charge in [0.25, 0.3) is 0 Å². The fraction of sp³-hybridized carbons (Fsp3) is 0.611. The summed E-state index contributed by atoms with van der Waals surface area (Å²) in [6.45, 7) is 4.29. The Labute approximate surface area is 176 Å². The molecule has 3 rings (SSSR count). The Balaban J connectivity index is 0.00000225. The van der Waals surface area contributed by atoms with E-state index in [9.17, 15) is 5.11 Å². The largest absolute Gasteiger partial charge is 0.387 e. The van der Waals surface area contributed by atoms with Crippen LogP contribution in [0.1, 0.15) is 26.2 Å². The molecule has 4 nitrogen and oxygen atoms in total. The first-order chi connectivity index (χ1) is 11.6. The van der Waals surface area contributed by atoms with E-state index in [1.807, 2.05) is 23.5 Å². The van der Waals surface area contributed by atoms with Crippen LogP contribution in [0.4, 0.5) is 0 Å². The molecule has 1 saturated carbocycles. The molecule has 0 bridgehead atoms. The Morgan fingerprint density at radius 3 is 2.60 bits per heavy atom. The molecule has 1 aliphatic heterocycles. The molecule has 3 N–H and O–H groups in total. The molecule has 1 aromatic rings. The standard InChI is InChI=1S/C18H27N3OS2.HI/c1-2-19-16(20-12-17(22)10-11-23-14-17)21-13-18(8-9-18)24-15-6-4-3-5-7-15;/h3-7,22H,2,8-14H2,1H3,(H2,19,20,21);1H. The summed E-state index contributed by atoms with van der Waals surface area (Å²) in [7, 11) is 0. The monoisotopic (exact) mass is 493 g/mol. The molecule has 7 heteroatoms. The Bertz CT molecular complexity index is 561. The maximum Gasteiger partial charge on any atom is 0.191 e. The molecule has 1 unspecified atom stereocenters. The predicted octanol–water partition coefficient (Wildman–Crippen LogP) is 3.35. The number of halogens is 1. The molecule has 1 aliphatic carbocycles. The maximum absolute atomic E-state index is 10.5. The van der Waals surface area contributed by atoms with Crippen LogP contribution in [0.2, 0.25) is 0 Å². The van der Waals surface area contributed by atoms with E-state index >= 15 is 0 Å². The number of hydrogen-bond donors (Lipinski definition) is 3. The minimum atomic E-state index is -0.622. The molecule has 25 heavy (non-hydrogen) atoms. The second-order valence-corrected chi connectivity index (χ2v) is 9.32. The Hall–Kier alpha value is -0.120. The summed E-state index contributed by atoms with van der Waals surface area (Å²) >= 11 is 3.77. The van der Waals surface area contributed by atoms with Crippen molar-refractivity contribution in [1.29, 1.82) is 0 Å². The quantitative estimate of drug-likeness (QED) is 0.309. The number of nitrogens with one attached hydrogen (secondary N) is 2. The zero-order valence-corrected chi connectivity index (χ0v) is 18.6. The van der Waals surface area contributed by atoms with E-state index in [1.165, 1.54) is 17.7 Å². The van der Waals surface area contributed by atoms with E-state index in [2.05, 4.69) is 52.9 Å². The fourth-order valence-corrected chi connectivity index (χ4v) is 5.25. The van der Waals surface area contributed by atoms with E-state index < -0.39 is 5.60 Å². The smallest absolute Gasteiger partial charge is 0.191 e. The average Bonchev–Trinajstić information content (AvgIpc) is 3.21. The van der Waals surface area contributed by atoms with Crippen molar-refractivity contribution >= 4 is 53.5 Å². The van der Waals surface area contributed by atoms with Gasteiger partial charge in [-0.25, -0.2) is 0 Å². The molecule has 2 aliphatic rings. The number of guanidine groups is 1. The van der Waals surface area contributed by atoms with E-state index in [1.54, 1.807) is 0 Å². The third kappa shape index (κ3) is 6.52. The lowest BCUT2D eigenvalue weighted by Gasteiger charge is -2.21. The van der Waals surface area contributed by atoms with Crippen molar-refractivity contribution in [3.05, 3.63) is 30.3 Å². The van der Waals surface area contributed by atoms with Gasteiger partial charge in [-0.05, 0) is 44.1 Å². The van der Waals surface area contributed by atoms with Crippen molar-refractivity contribution in [3.8, 4) is 0 Å². The van der Waals surface area contributed by atoms with Crippen LogP contribution >= 0.6 is 47.5 Å². The van der Waals surface area contributed by atoms with Gasteiger partial charge in [-0.2, -0.15) is 11.8 Å². The third-order valence-corrected chi connectivity index (χ3v) is 7.15. The van der Waals surface area contributed by atoms with E-state index in [0.29, 0.717) is 6.54 Å². The zero-order valence-electron chi connectivity index (χ0n) is 14.7. The summed E-state index contributed by atoms with van der Waals surface area (Å²) in [5.41, 5.74) is -0.622. The molecule has 0 amide bonds. The van der Waals surface area contributed by atoms with E-state index in [4.69, 9.17) is 0 Å². The summed E-state index contributed by atoms with van der Waals surface area (Å²) < 4.78 is 0.289. The number of hydrogen-bond acceptors (Lipinski definition) is 4. The van der Waals surface area contributed by atoms with Gasteiger partial charge < -0.3 is 15.7 Å². The Morgan fingerprint density at radius 2 is 2.00 bits per heavy atom. The lowest BCUT2D eigenvalue weighted by atomic mass is 10.1. The first kappa shape index (κ1) is 21.2. The van der Waals surface area contributed by atoms with Gasteiger partial charge in [0.2, 0.25) is 0 Å². The van der Waals surface area contributed by atoms with Gasteiger partial charge in [-0.15, -0.1) is 35.7 Å². The van der Waals surface area contributed by atoms with Crippen molar-refractivity contribution in [2.24, 2.45) is 4.99 Å². The summed E-state index contributed by atoms with van der Waals surface area (Å²) in [5.74, 6) is 2.65. The minimum absolute atomic E-state index is 0. The van der Waals surface area contributed by atoms with Crippen LogP contribution in [-0.4, -0.2) is 52.6 Å². The summed E-state index contributed by atoms with van der Waals surface area (Å²) in [6.07, 6.45) is 3.31. The predicted molar refractivity (Wildman–Crippen MR) is 121 cm³/mol. The fourth-order valence-electron chi connectivity index (χ4n) is 2.73.